The maximum absolute atomic E-state index is 13.4. The number of nitrogens with zero attached hydrogens (tertiary/aromatic N) is 1. The van der Waals surface area contributed by atoms with E-state index in [-0.39, 0.29) is 0 Å². The number of allylic oxidation sites excluding steroid dienone is 1. The van der Waals surface area contributed by atoms with Crippen LogP contribution in [-0.2, 0) is 42.0 Å². The summed E-state index contributed by atoms with van der Waals surface area (Å²) in [4.78, 5) is 23.5. The molecule has 0 aliphatic carbocycles. The van der Waals surface area contributed by atoms with Gasteiger partial charge in [-0.3, -0.25) is 10.2 Å². The maximum atomic E-state index is 13.4. The number of nitriles is 1. The zero-order valence-corrected chi connectivity index (χ0v) is 19.0. The van der Waals surface area contributed by atoms with Crippen molar-refractivity contribution < 1.29 is 50.0 Å². The van der Waals surface area contributed by atoms with E-state index in [4.69, 9.17) is 22.3 Å². The van der Waals surface area contributed by atoms with Crippen molar-refractivity contribution in [2.75, 3.05) is 19.5 Å². The number of anilines is 1. The summed E-state index contributed by atoms with van der Waals surface area (Å²) in [6.07, 6.45) is -6.15. The minimum Gasteiger partial charge on any atom is -0.604 e. The van der Waals surface area contributed by atoms with Crippen molar-refractivity contribution in [1.82, 2.24) is 5.32 Å². The van der Waals surface area contributed by atoms with E-state index in [0.717, 1.165) is 20.3 Å². The van der Waals surface area contributed by atoms with Gasteiger partial charge in [-0.2, -0.15) is 18.4 Å². The van der Waals surface area contributed by atoms with Gasteiger partial charge in [0, 0.05) is 5.56 Å². The Morgan fingerprint density at radius 1 is 1.23 bits per heavy atom. The van der Waals surface area contributed by atoms with Crippen LogP contribution in [0, 0.1) is 16.7 Å². The summed E-state index contributed by atoms with van der Waals surface area (Å²) < 4.78 is 101. The van der Waals surface area contributed by atoms with Gasteiger partial charge < -0.3 is 24.7 Å². The average molecular weight is 547 g/mol. The number of halogens is 7. The lowest BCUT2D eigenvalue weighted by Crippen LogP contribution is -2.56. The number of rotatable bonds is 5. The SMILES string of the molecule is COC(=O)CC1(C(=O)OC)N/C(=C(/C(=N)C#N)[S+]([O-])C(F)(F)F)Nc2c(Cl)cc(C(F)(F)F)cc21. The minimum atomic E-state index is -5.50. The molecule has 2 unspecified atom stereocenters. The molecule has 0 aromatic heterocycles. The fourth-order valence-electron chi connectivity index (χ4n) is 3.10. The Morgan fingerprint density at radius 2 is 1.83 bits per heavy atom. The molecule has 1 aromatic carbocycles. The third-order valence-corrected chi connectivity index (χ3v) is 6.10. The molecule has 1 aromatic rings. The number of methoxy groups -OCH3 is 2. The zero-order chi connectivity index (χ0) is 26.9. The van der Waals surface area contributed by atoms with E-state index in [2.05, 4.69) is 20.1 Å². The first-order valence-electron chi connectivity index (χ1n) is 8.87. The van der Waals surface area contributed by atoms with Crippen LogP contribution in [0.5, 0.6) is 0 Å². The maximum Gasteiger partial charge on any atom is 0.578 e. The average Bonchev–Trinajstić information content (AvgIpc) is 2.77. The number of alkyl halides is 6. The van der Waals surface area contributed by atoms with Gasteiger partial charge in [0.1, 0.15) is 17.2 Å². The summed E-state index contributed by atoms with van der Waals surface area (Å²) in [5, 5.41) is 20.1. The highest BCUT2D eigenvalue weighted by atomic mass is 35.5. The van der Waals surface area contributed by atoms with Gasteiger partial charge in [-0.15, -0.1) is 13.2 Å². The first kappa shape index (κ1) is 28.1. The van der Waals surface area contributed by atoms with Crippen molar-refractivity contribution >= 4 is 46.1 Å². The Balaban J connectivity index is 3.04. The number of benzene rings is 1. The van der Waals surface area contributed by atoms with Gasteiger partial charge in [0.15, 0.2) is 17.1 Å². The van der Waals surface area contributed by atoms with Crippen LogP contribution in [0.25, 0.3) is 0 Å². The molecule has 1 aliphatic rings. The molecule has 35 heavy (non-hydrogen) atoms. The van der Waals surface area contributed by atoms with E-state index in [1.54, 1.807) is 0 Å². The first-order valence-corrected chi connectivity index (χ1v) is 10.4. The lowest BCUT2D eigenvalue weighted by molar-refractivity contribution is -0.155. The summed E-state index contributed by atoms with van der Waals surface area (Å²) in [5.41, 5.74) is -12.4. The molecule has 3 N–H and O–H groups in total. The van der Waals surface area contributed by atoms with Gasteiger partial charge in [0.25, 0.3) is 0 Å². The van der Waals surface area contributed by atoms with E-state index in [0.29, 0.717) is 12.1 Å². The fraction of sp³-hybridized carbons (Fsp3) is 0.333. The topological polar surface area (TPSA) is 147 Å². The van der Waals surface area contributed by atoms with Gasteiger partial charge in [-0.25, -0.2) is 4.79 Å². The van der Waals surface area contributed by atoms with Gasteiger partial charge in [-0.05, 0) is 12.1 Å². The zero-order valence-electron chi connectivity index (χ0n) is 17.4. The summed E-state index contributed by atoms with van der Waals surface area (Å²) in [6.45, 7) is 0. The Kier molecular flexibility index (Phi) is 7.89. The van der Waals surface area contributed by atoms with Gasteiger partial charge in [0.05, 0.1) is 36.9 Å². The number of nitrogens with one attached hydrogen (secondary N) is 3. The molecule has 9 nitrogen and oxygen atoms in total. The second kappa shape index (κ2) is 9.84. The van der Waals surface area contributed by atoms with Crippen molar-refractivity contribution in [3.8, 4) is 6.07 Å². The van der Waals surface area contributed by atoms with Crippen molar-refractivity contribution in [3.63, 3.8) is 0 Å². The van der Waals surface area contributed by atoms with Crippen LogP contribution in [0.4, 0.5) is 32.0 Å². The molecule has 0 saturated carbocycles. The van der Waals surface area contributed by atoms with Gasteiger partial charge >= 0.3 is 23.6 Å². The van der Waals surface area contributed by atoms with Crippen LogP contribution in [-0.4, -0.2) is 41.9 Å². The number of fused-ring (bicyclic) bond motifs is 1. The van der Waals surface area contributed by atoms with Crippen LogP contribution in [0.15, 0.2) is 22.9 Å². The Morgan fingerprint density at radius 3 is 2.29 bits per heavy atom. The second-order valence-electron chi connectivity index (χ2n) is 6.68. The van der Waals surface area contributed by atoms with Crippen LogP contribution in [0.1, 0.15) is 17.5 Å². The van der Waals surface area contributed by atoms with Crippen LogP contribution in [0.2, 0.25) is 5.02 Å². The Hall–Kier alpha value is -3.16. The van der Waals surface area contributed by atoms with Gasteiger partial charge in [-0.1, -0.05) is 11.6 Å². The molecule has 0 bridgehead atoms. The molecule has 0 saturated heterocycles. The minimum absolute atomic E-state index is 0.381. The number of esters is 2. The fourth-order valence-corrected chi connectivity index (χ4v) is 4.11. The third-order valence-electron chi connectivity index (χ3n) is 4.60. The predicted molar refractivity (Wildman–Crippen MR) is 108 cm³/mol. The molecule has 0 amide bonds. The van der Waals surface area contributed by atoms with E-state index in [1.165, 1.54) is 0 Å². The van der Waals surface area contributed by atoms with Crippen molar-refractivity contribution in [2.45, 2.75) is 23.6 Å². The van der Waals surface area contributed by atoms with E-state index in [1.807, 2.05) is 0 Å². The predicted octanol–water partition coefficient (Wildman–Crippen LogP) is 3.29. The molecule has 1 heterocycles. The third kappa shape index (κ3) is 5.41. The second-order valence-corrected chi connectivity index (χ2v) is 8.50. The van der Waals surface area contributed by atoms with E-state index < -0.39 is 85.0 Å². The molecule has 1 aliphatic heterocycles. The Bertz CT molecular complexity index is 1150. The van der Waals surface area contributed by atoms with E-state index >= 15 is 0 Å². The van der Waals surface area contributed by atoms with Crippen LogP contribution >= 0.6 is 11.6 Å². The normalized spacial score (nSPS) is 19.8. The van der Waals surface area contributed by atoms with Crippen molar-refractivity contribution in [3.05, 3.63) is 39.0 Å². The quantitative estimate of drug-likeness (QED) is 0.221. The molecule has 2 rings (SSSR count). The smallest absolute Gasteiger partial charge is 0.578 e. The molecule has 0 spiro atoms. The number of hydrogen-bond acceptors (Lipinski definition) is 9. The molecule has 0 radical (unpaired) electrons. The molecule has 2 atom stereocenters. The van der Waals surface area contributed by atoms with Crippen molar-refractivity contribution in [1.29, 1.82) is 10.7 Å². The molecular formula is C18H13ClF6N4O5S. The summed E-state index contributed by atoms with van der Waals surface area (Å²) in [5.74, 6) is -3.76. The van der Waals surface area contributed by atoms with Gasteiger partial charge in [0.2, 0.25) is 4.91 Å². The monoisotopic (exact) mass is 546 g/mol. The highest BCUT2D eigenvalue weighted by Crippen LogP contribution is 2.46. The number of hydrogen-bond donors (Lipinski definition) is 3. The molecular weight excluding hydrogens is 534 g/mol. The summed E-state index contributed by atoms with van der Waals surface area (Å²) >= 11 is 1.90. The Labute approximate surface area is 200 Å². The van der Waals surface area contributed by atoms with Crippen LogP contribution < -0.4 is 10.6 Å². The molecule has 0 fully saturated rings. The first-order chi connectivity index (χ1) is 16.0. The lowest BCUT2D eigenvalue weighted by atomic mass is 9.82. The van der Waals surface area contributed by atoms with Crippen molar-refractivity contribution in [2.24, 2.45) is 0 Å². The standard InChI is InChI=1S/C18H13ClF6N4O5S/c1-33-11(30)5-16(15(31)34-2)8-3-7(17(20,21)22)4-9(19)12(8)28-14(29-16)13(10(27)6-26)35(32)18(23,24)25/h3-4,27-29H,5H2,1-2H3/b14-13-,27-10?. The lowest BCUT2D eigenvalue weighted by Gasteiger charge is -2.40. The number of carbonyl (C=O) groups excluding carboxylic acids is 2. The summed E-state index contributed by atoms with van der Waals surface area (Å²) in [6, 6.07) is 1.85. The molecule has 17 heteroatoms. The summed E-state index contributed by atoms with van der Waals surface area (Å²) in [7, 11) is 1.64. The number of carbonyl (C=O) groups is 2. The number of ether oxygens (including phenoxy) is 2. The van der Waals surface area contributed by atoms with E-state index in [9.17, 15) is 40.5 Å². The van der Waals surface area contributed by atoms with Crippen LogP contribution in [0.3, 0.4) is 0 Å². The highest BCUT2D eigenvalue weighted by Gasteiger charge is 2.55. The molecule has 190 valence electrons. The largest absolute Gasteiger partial charge is 0.604 e. The highest BCUT2D eigenvalue weighted by molar-refractivity contribution is 7.97.